The van der Waals surface area contributed by atoms with Crippen LogP contribution in [0.4, 0.5) is 13.2 Å². The summed E-state index contributed by atoms with van der Waals surface area (Å²) in [6.45, 7) is 3.27. The molecule has 1 heterocycles. The molecule has 1 rings (SSSR count). The number of methoxy groups -OCH3 is 1. The summed E-state index contributed by atoms with van der Waals surface area (Å²) >= 11 is 1.45. The number of alkyl halides is 3. The molecule has 8 heteroatoms. The summed E-state index contributed by atoms with van der Waals surface area (Å²) in [5, 5.41) is 3.43. The van der Waals surface area contributed by atoms with E-state index in [0.29, 0.717) is 0 Å². The smallest absolute Gasteiger partial charge is 0.436 e. The van der Waals surface area contributed by atoms with Crippen molar-refractivity contribution in [3.8, 4) is 0 Å². The first kappa shape index (κ1) is 14.3. The summed E-state index contributed by atoms with van der Waals surface area (Å²) in [6, 6.07) is -0.367. The van der Waals surface area contributed by atoms with Crippen LogP contribution in [0.2, 0.25) is 0 Å². The molecular formula is C9H10F3IN2O2. The van der Waals surface area contributed by atoms with Crippen LogP contribution in [0.5, 0.6) is 0 Å². The van der Waals surface area contributed by atoms with Gasteiger partial charge in [0.15, 0.2) is 11.4 Å². The molecule has 4 nitrogen and oxygen atoms in total. The van der Waals surface area contributed by atoms with Crippen molar-refractivity contribution in [1.29, 1.82) is 0 Å². The van der Waals surface area contributed by atoms with Crippen molar-refractivity contribution in [3.05, 3.63) is 15.0 Å². The zero-order valence-electron chi connectivity index (χ0n) is 9.30. The summed E-state index contributed by atoms with van der Waals surface area (Å²) < 4.78 is 43.2. The van der Waals surface area contributed by atoms with E-state index in [1.165, 1.54) is 22.6 Å². The van der Waals surface area contributed by atoms with E-state index in [1.54, 1.807) is 13.8 Å². The summed E-state index contributed by atoms with van der Waals surface area (Å²) in [5.74, 6) is -0.828. The maximum atomic E-state index is 12.6. The summed E-state index contributed by atoms with van der Waals surface area (Å²) in [7, 11) is 1.11. The van der Waals surface area contributed by atoms with E-state index in [9.17, 15) is 18.0 Å². The van der Waals surface area contributed by atoms with Gasteiger partial charge in [-0.3, -0.25) is 4.68 Å². The Balaban J connectivity index is 3.46. The lowest BCUT2D eigenvalue weighted by molar-refractivity contribution is -0.142. The van der Waals surface area contributed by atoms with Crippen molar-refractivity contribution in [1.82, 2.24) is 9.78 Å². The Morgan fingerprint density at radius 3 is 2.35 bits per heavy atom. The number of esters is 1. The van der Waals surface area contributed by atoms with Gasteiger partial charge >= 0.3 is 12.1 Å². The van der Waals surface area contributed by atoms with E-state index >= 15 is 0 Å². The van der Waals surface area contributed by atoms with Crippen molar-refractivity contribution in [2.45, 2.75) is 26.1 Å². The molecule has 0 aliphatic carbocycles. The largest absolute Gasteiger partial charge is 0.464 e. The number of carbonyl (C=O) groups excluding carboxylic acids is 1. The molecule has 0 radical (unpaired) electrons. The Morgan fingerprint density at radius 1 is 1.47 bits per heavy atom. The number of carbonyl (C=O) groups is 1. The van der Waals surface area contributed by atoms with E-state index in [1.807, 2.05) is 0 Å². The summed E-state index contributed by atoms with van der Waals surface area (Å²) in [5.41, 5.74) is -1.23. The molecule has 0 fully saturated rings. The maximum Gasteiger partial charge on any atom is 0.436 e. The zero-order valence-corrected chi connectivity index (χ0v) is 11.5. The van der Waals surface area contributed by atoms with Gasteiger partial charge in [0.25, 0.3) is 0 Å². The van der Waals surface area contributed by atoms with Crippen LogP contribution in [0.15, 0.2) is 0 Å². The highest BCUT2D eigenvalue weighted by atomic mass is 127. The van der Waals surface area contributed by atoms with E-state index in [2.05, 4.69) is 9.84 Å². The fourth-order valence-electron chi connectivity index (χ4n) is 1.25. The van der Waals surface area contributed by atoms with Crippen LogP contribution >= 0.6 is 22.6 Å². The lowest BCUT2D eigenvalue weighted by Crippen LogP contribution is -2.14. The third-order valence-corrected chi connectivity index (χ3v) is 3.01. The molecule has 17 heavy (non-hydrogen) atoms. The lowest BCUT2D eigenvalue weighted by Gasteiger charge is -2.09. The molecular weight excluding hydrogens is 352 g/mol. The highest BCUT2D eigenvalue weighted by molar-refractivity contribution is 14.1. The molecule has 0 aromatic carbocycles. The van der Waals surface area contributed by atoms with Crippen LogP contribution in [-0.4, -0.2) is 22.9 Å². The molecule has 1 aromatic heterocycles. The second-order valence-electron chi connectivity index (χ2n) is 3.54. The number of hydrogen-bond donors (Lipinski definition) is 0. The second-order valence-corrected chi connectivity index (χ2v) is 4.62. The van der Waals surface area contributed by atoms with E-state index < -0.39 is 17.8 Å². The van der Waals surface area contributed by atoms with Gasteiger partial charge in [0.2, 0.25) is 0 Å². The molecule has 0 N–H and O–H groups in total. The van der Waals surface area contributed by atoms with Gasteiger partial charge in [-0.1, -0.05) is 0 Å². The predicted molar refractivity (Wildman–Crippen MR) is 61.7 cm³/mol. The molecule has 0 spiro atoms. The first-order valence-corrected chi connectivity index (χ1v) is 5.71. The lowest BCUT2D eigenvalue weighted by atomic mass is 10.3. The average molecular weight is 362 g/mol. The van der Waals surface area contributed by atoms with Crippen LogP contribution in [-0.2, 0) is 10.9 Å². The minimum Gasteiger partial charge on any atom is -0.464 e. The topological polar surface area (TPSA) is 44.1 Å². The zero-order chi connectivity index (χ0) is 13.4. The molecule has 0 atom stereocenters. The fourth-order valence-corrected chi connectivity index (χ4v) is 2.13. The Hall–Kier alpha value is -0.800. The normalized spacial score (nSPS) is 12.0. The van der Waals surface area contributed by atoms with Gasteiger partial charge < -0.3 is 4.74 Å². The van der Waals surface area contributed by atoms with E-state index in [0.717, 1.165) is 11.8 Å². The molecule has 0 aliphatic rings. The third kappa shape index (κ3) is 2.72. The third-order valence-electron chi connectivity index (χ3n) is 1.99. The van der Waals surface area contributed by atoms with Crippen molar-refractivity contribution in [3.63, 3.8) is 0 Å². The maximum absolute atomic E-state index is 12.6. The monoisotopic (exact) mass is 362 g/mol. The van der Waals surface area contributed by atoms with Gasteiger partial charge in [-0.15, -0.1) is 0 Å². The van der Waals surface area contributed by atoms with Gasteiger partial charge in [0.1, 0.15) is 0 Å². The van der Waals surface area contributed by atoms with Gasteiger partial charge in [0.05, 0.1) is 10.7 Å². The first-order chi connectivity index (χ1) is 7.70. The molecule has 1 aromatic rings. The number of halogens is 4. The van der Waals surface area contributed by atoms with Crippen molar-refractivity contribution >= 4 is 28.6 Å². The van der Waals surface area contributed by atoms with Gasteiger partial charge in [-0.25, -0.2) is 4.79 Å². The fraction of sp³-hybridized carbons (Fsp3) is 0.556. The van der Waals surface area contributed by atoms with Gasteiger partial charge in [-0.2, -0.15) is 18.3 Å². The number of nitrogens with zero attached hydrogens (tertiary/aromatic N) is 2. The number of rotatable bonds is 2. The van der Waals surface area contributed by atoms with Gasteiger partial charge in [0, 0.05) is 6.04 Å². The molecule has 96 valence electrons. The van der Waals surface area contributed by atoms with Crippen LogP contribution in [0.1, 0.15) is 36.1 Å². The molecule has 0 amide bonds. The van der Waals surface area contributed by atoms with Crippen molar-refractivity contribution in [2.24, 2.45) is 0 Å². The molecule has 0 saturated carbocycles. The average Bonchev–Trinajstić information content (AvgIpc) is 2.54. The highest BCUT2D eigenvalue weighted by Gasteiger charge is 2.40. The number of hydrogen-bond acceptors (Lipinski definition) is 3. The minimum absolute atomic E-state index is 0.171. The first-order valence-electron chi connectivity index (χ1n) is 4.63. The van der Waals surface area contributed by atoms with Gasteiger partial charge in [-0.05, 0) is 36.4 Å². The highest BCUT2D eigenvalue weighted by Crippen LogP contribution is 2.34. The van der Waals surface area contributed by atoms with Crippen LogP contribution in [0.3, 0.4) is 0 Å². The predicted octanol–water partition coefficient (Wildman–Crippen LogP) is 2.87. The van der Waals surface area contributed by atoms with Crippen molar-refractivity contribution < 1.29 is 22.7 Å². The van der Waals surface area contributed by atoms with Crippen LogP contribution in [0, 0.1) is 3.57 Å². The van der Waals surface area contributed by atoms with E-state index in [-0.39, 0.29) is 15.3 Å². The summed E-state index contributed by atoms with van der Waals surface area (Å²) in [4.78, 5) is 11.4. The SMILES string of the molecule is COC(=O)c1c(I)c(C(F)(F)F)nn1C(C)C. The molecule has 0 unspecified atom stereocenters. The van der Waals surface area contributed by atoms with Crippen LogP contribution in [0.25, 0.3) is 0 Å². The Morgan fingerprint density at radius 2 is 2.00 bits per heavy atom. The second kappa shape index (κ2) is 4.83. The Bertz CT molecular complexity index is 440. The molecule has 0 saturated heterocycles. The van der Waals surface area contributed by atoms with E-state index in [4.69, 9.17) is 0 Å². The molecule has 0 aliphatic heterocycles. The number of aromatic nitrogens is 2. The Kier molecular flexibility index (Phi) is 4.05. The Labute approximate surface area is 109 Å². The molecule has 0 bridgehead atoms. The quantitative estimate of drug-likeness (QED) is 0.601. The van der Waals surface area contributed by atoms with Crippen LogP contribution < -0.4 is 0 Å². The standard InChI is InChI=1S/C9H10F3IN2O2/c1-4(2)15-6(8(16)17-3)5(13)7(14-15)9(10,11)12/h4H,1-3H3. The minimum atomic E-state index is -4.58. The number of ether oxygens (including phenoxy) is 1. The van der Waals surface area contributed by atoms with Crippen molar-refractivity contribution in [2.75, 3.05) is 7.11 Å². The summed E-state index contributed by atoms with van der Waals surface area (Å²) in [6.07, 6.45) is -4.58.